The molecular formula is C21H26N2O3. The summed E-state index contributed by atoms with van der Waals surface area (Å²) in [5, 5.41) is 6.19. The molecule has 1 atom stereocenters. The van der Waals surface area contributed by atoms with Gasteiger partial charge in [-0.05, 0) is 29.7 Å². The molecule has 2 aromatic carbocycles. The van der Waals surface area contributed by atoms with Crippen molar-refractivity contribution in [3.8, 4) is 5.75 Å². The second-order valence-electron chi connectivity index (χ2n) is 6.42. The summed E-state index contributed by atoms with van der Waals surface area (Å²) in [5.41, 5.74) is 2.32. The SMILES string of the molecule is O=C(CC1CNCCO1)NCCc1ccc(OCc2ccccc2)cc1. The molecule has 2 aromatic rings. The average Bonchev–Trinajstić information content (AvgIpc) is 2.69. The number of amides is 1. The third-order valence-electron chi connectivity index (χ3n) is 4.32. The van der Waals surface area contributed by atoms with Gasteiger partial charge in [-0.2, -0.15) is 0 Å². The van der Waals surface area contributed by atoms with E-state index in [9.17, 15) is 4.79 Å². The van der Waals surface area contributed by atoms with Crippen LogP contribution in [-0.2, 0) is 22.6 Å². The third-order valence-corrected chi connectivity index (χ3v) is 4.32. The Bertz CT molecular complexity index is 667. The van der Waals surface area contributed by atoms with E-state index < -0.39 is 0 Å². The maximum atomic E-state index is 11.9. The number of morpholine rings is 1. The van der Waals surface area contributed by atoms with Gasteiger partial charge in [0.1, 0.15) is 12.4 Å². The monoisotopic (exact) mass is 354 g/mol. The van der Waals surface area contributed by atoms with Gasteiger partial charge < -0.3 is 20.1 Å². The molecule has 1 aliphatic rings. The van der Waals surface area contributed by atoms with Crippen LogP contribution in [0.3, 0.4) is 0 Å². The van der Waals surface area contributed by atoms with Crippen molar-refractivity contribution in [2.45, 2.75) is 25.6 Å². The first-order valence-corrected chi connectivity index (χ1v) is 9.14. The van der Waals surface area contributed by atoms with Crippen molar-refractivity contribution < 1.29 is 14.3 Å². The van der Waals surface area contributed by atoms with Gasteiger partial charge in [-0.1, -0.05) is 42.5 Å². The first-order valence-electron chi connectivity index (χ1n) is 9.14. The topological polar surface area (TPSA) is 59.6 Å². The van der Waals surface area contributed by atoms with Crippen LogP contribution in [0, 0.1) is 0 Å². The lowest BCUT2D eigenvalue weighted by molar-refractivity contribution is -0.124. The predicted octanol–water partition coefficient (Wildman–Crippen LogP) is 2.30. The lowest BCUT2D eigenvalue weighted by Crippen LogP contribution is -2.41. The summed E-state index contributed by atoms with van der Waals surface area (Å²) < 4.78 is 11.3. The van der Waals surface area contributed by atoms with E-state index in [2.05, 4.69) is 10.6 Å². The Hall–Kier alpha value is -2.37. The zero-order chi connectivity index (χ0) is 18.0. The quantitative estimate of drug-likeness (QED) is 0.764. The molecule has 0 aromatic heterocycles. The molecule has 0 radical (unpaired) electrons. The Kier molecular flexibility index (Phi) is 7.05. The molecular weight excluding hydrogens is 328 g/mol. The maximum Gasteiger partial charge on any atom is 0.222 e. The minimum absolute atomic E-state index is 0.00945. The van der Waals surface area contributed by atoms with Crippen molar-refractivity contribution >= 4 is 5.91 Å². The zero-order valence-corrected chi connectivity index (χ0v) is 14.9. The van der Waals surface area contributed by atoms with Gasteiger partial charge in [0.25, 0.3) is 0 Å². The van der Waals surface area contributed by atoms with Gasteiger partial charge in [0.05, 0.1) is 19.1 Å². The molecule has 1 aliphatic heterocycles. The molecule has 0 saturated carbocycles. The number of rotatable bonds is 8. The van der Waals surface area contributed by atoms with Gasteiger partial charge in [-0.25, -0.2) is 0 Å². The Balaban J connectivity index is 1.35. The molecule has 1 amide bonds. The number of hydrogen-bond donors (Lipinski definition) is 2. The summed E-state index contributed by atoms with van der Waals surface area (Å²) in [5.74, 6) is 0.894. The molecule has 5 nitrogen and oxygen atoms in total. The van der Waals surface area contributed by atoms with Gasteiger partial charge in [0.15, 0.2) is 0 Å². The van der Waals surface area contributed by atoms with Crippen LogP contribution in [-0.4, -0.2) is 38.3 Å². The largest absolute Gasteiger partial charge is 0.489 e. The predicted molar refractivity (Wildman–Crippen MR) is 101 cm³/mol. The number of nitrogens with one attached hydrogen (secondary N) is 2. The molecule has 3 rings (SSSR count). The highest BCUT2D eigenvalue weighted by Crippen LogP contribution is 2.14. The summed E-state index contributed by atoms with van der Waals surface area (Å²) in [6, 6.07) is 18.1. The molecule has 0 bridgehead atoms. The minimum atomic E-state index is -0.00945. The lowest BCUT2D eigenvalue weighted by atomic mass is 10.1. The zero-order valence-electron chi connectivity index (χ0n) is 14.9. The Morgan fingerprint density at radius 2 is 1.92 bits per heavy atom. The molecule has 138 valence electrons. The third kappa shape index (κ3) is 6.17. The smallest absolute Gasteiger partial charge is 0.222 e. The van der Waals surface area contributed by atoms with Crippen LogP contribution in [0.15, 0.2) is 54.6 Å². The second kappa shape index (κ2) is 9.94. The van der Waals surface area contributed by atoms with E-state index in [0.717, 1.165) is 30.8 Å². The van der Waals surface area contributed by atoms with E-state index in [0.29, 0.717) is 26.2 Å². The highest BCUT2D eigenvalue weighted by Gasteiger charge is 2.16. The molecule has 26 heavy (non-hydrogen) atoms. The summed E-state index contributed by atoms with van der Waals surface area (Å²) in [6.07, 6.45) is 1.21. The van der Waals surface area contributed by atoms with Gasteiger partial charge in [0.2, 0.25) is 5.91 Å². The number of carbonyl (C=O) groups is 1. The molecule has 1 unspecified atom stereocenters. The van der Waals surface area contributed by atoms with E-state index in [1.807, 2.05) is 54.6 Å². The lowest BCUT2D eigenvalue weighted by Gasteiger charge is -2.23. The van der Waals surface area contributed by atoms with E-state index in [1.54, 1.807) is 0 Å². The fourth-order valence-electron chi connectivity index (χ4n) is 2.87. The average molecular weight is 354 g/mol. The number of carbonyl (C=O) groups excluding carboxylic acids is 1. The maximum absolute atomic E-state index is 11.9. The summed E-state index contributed by atoms with van der Waals surface area (Å²) in [6.45, 7) is 3.48. The van der Waals surface area contributed by atoms with Crippen LogP contribution in [0.4, 0.5) is 0 Å². The fourth-order valence-corrected chi connectivity index (χ4v) is 2.87. The molecule has 1 saturated heterocycles. The Labute approximate surface area is 154 Å². The van der Waals surface area contributed by atoms with Gasteiger partial charge in [0, 0.05) is 19.6 Å². The summed E-state index contributed by atoms with van der Waals surface area (Å²) in [7, 11) is 0. The first kappa shape index (κ1) is 18.4. The normalized spacial score (nSPS) is 16.8. The summed E-state index contributed by atoms with van der Waals surface area (Å²) >= 11 is 0. The van der Waals surface area contributed by atoms with Gasteiger partial charge in [-0.3, -0.25) is 4.79 Å². The van der Waals surface area contributed by atoms with E-state index in [1.165, 1.54) is 5.56 Å². The Morgan fingerprint density at radius 1 is 1.12 bits per heavy atom. The highest BCUT2D eigenvalue weighted by molar-refractivity contribution is 5.76. The van der Waals surface area contributed by atoms with Crippen molar-refractivity contribution in [1.29, 1.82) is 0 Å². The van der Waals surface area contributed by atoms with Crippen LogP contribution in [0.2, 0.25) is 0 Å². The van der Waals surface area contributed by atoms with E-state index in [-0.39, 0.29) is 12.0 Å². The highest BCUT2D eigenvalue weighted by atomic mass is 16.5. The van der Waals surface area contributed by atoms with Crippen molar-refractivity contribution in [3.63, 3.8) is 0 Å². The second-order valence-corrected chi connectivity index (χ2v) is 6.42. The van der Waals surface area contributed by atoms with Gasteiger partial charge >= 0.3 is 0 Å². The van der Waals surface area contributed by atoms with E-state index >= 15 is 0 Å². The number of hydrogen-bond acceptors (Lipinski definition) is 4. The molecule has 5 heteroatoms. The van der Waals surface area contributed by atoms with Crippen LogP contribution >= 0.6 is 0 Å². The number of ether oxygens (including phenoxy) is 2. The van der Waals surface area contributed by atoms with Crippen molar-refractivity contribution in [2.24, 2.45) is 0 Å². The van der Waals surface area contributed by atoms with Crippen molar-refractivity contribution in [2.75, 3.05) is 26.2 Å². The summed E-state index contributed by atoms with van der Waals surface area (Å²) in [4.78, 5) is 11.9. The Morgan fingerprint density at radius 3 is 2.65 bits per heavy atom. The van der Waals surface area contributed by atoms with Crippen molar-refractivity contribution in [3.05, 3.63) is 65.7 Å². The molecule has 0 spiro atoms. The molecule has 2 N–H and O–H groups in total. The molecule has 1 fully saturated rings. The number of benzene rings is 2. The van der Waals surface area contributed by atoms with E-state index in [4.69, 9.17) is 9.47 Å². The van der Waals surface area contributed by atoms with Gasteiger partial charge in [-0.15, -0.1) is 0 Å². The molecule has 0 aliphatic carbocycles. The minimum Gasteiger partial charge on any atom is -0.489 e. The van der Waals surface area contributed by atoms with Crippen LogP contribution < -0.4 is 15.4 Å². The van der Waals surface area contributed by atoms with Crippen molar-refractivity contribution in [1.82, 2.24) is 10.6 Å². The standard InChI is InChI=1S/C21H26N2O3/c24-21(14-20-15-22-12-13-25-20)23-11-10-17-6-8-19(9-7-17)26-16-18-4-2-1-3-5-18/h1-9,20,22H,10-16H2,(H,23,24). The molecule has 1 heterocycles. The fraction of sp³-hybridized carbons (Fsp3) is 0.381. The van der Waals surface area contributed by atoms with Crippen LogP contribution in [0.5, 0.6) is 5.75 Å². The first-order chi connectivity index (χ1) is 12.8. The van der Waals surface area contributed by atoms with Crippen LogP contribution in [0.1, 0.15) is 17.5 Å². The van der Waals surface area contributed by atoms with Crippen LogP contribution in [0.25, 0.3) is 0 Å².